The summed E-state index contributed by atoms with van der Waals surface area (Å²) in [5, 5.41) is 0.699. The van der Waals surface area contributed by atoms with Crippen LogP contribution in [0.15, 0.2) is 108 Å². The highest BCUT2D eigenvalue weighted by Gasteiger charge is 2.30. The van der Waals surface area contributed by atoms with Crippen molar-refractivity contribution in [2.45, 2.75) is 25.0 Å². The number of benzene rings is 4. The van der Waals surface area contributed by atoms with Gasteiger partial charge in [0.05, 0.1) is 25.5 Å². The van der Waals surface area contributed by atoms with Crippen molar-refractivity contribution in [2.75, 3.05) is 14.2 Å². The van der Waals surface area contributed by atoms with Gasteiger partial charge in [0, 0.05) is 18.8 Å². The molecule has 0 atom stereocenters. The van der Waals surface area contributed by atoms with Gasteiger partial charge in [-0.25, -0.2) is 4.99 Å². The maximum atomic E-state index is 13.1. The van der Waals surface area contributed by atoms with Crippen molar-refractivity contribution >= 4 is 39.6 Å². The molecular formula is C31H30BrF3N2O2S. The summed E-state index contributed by atoms with van der Waals surface area (Å²) in [6, 6.07) is 30.6. The Bertz CT molecular complexity index is 1300. The maximum absolute atomic E-state index is 13.1. The normalized spacial score (nSPS) is 11.5. The molecule has 0 fully saturated rings. The standard InChI is InChI=1S/C31H29F3N2O2S.BrH/c1-37-28-16-8-23(9-17-28)20-36(21-24-10-18-29(38-2)19-11-24)30(39-22-25-6-4-3-5-7-25)35-27-14-12-26(13-15-27)31(32,33)34;/h3-19H,20-22H2,1-2H3;1H. The number of alkyl halides is 3. The fourth-order valence-electron chi connectivity index (χ4n) is 3.85. The minimum Gasteiger partial charge on any atom is -0.497 e. The molecule has 0 aliphatic carbocycles. The number of hydrogen-bond acceptors (Lipinski definition) is 4. The van der Waals surface area contributed by atoms with Crippen LogP contribution in [-0.2, 0) is 25.0 Å². The molecule has 4 aromatic carbocycles. The number of rotatable bonds is 9. The first-order valence-corrected chi connectivity index (χ1v) is 13.3. The van der Waals surface area contributed by atoms with Gasteiger partial charge < -0.3 is 14.4 Å². The van der Waals surface area contributed by atoms with Crippen LogP contribution in [0.4, 0.5) is 18.9 Å². The zero-order valence-corrected chi connectivity index (χ0v) is 24.6. The summed E-state index contributed by atoms with van der Waals surface area (Å²) in [6.07, 6.45) is -4.40. The van der Waals surface area contributed by atoms with E-state index in [4.69, 9.17) is 14.5 Å². The van der Waals surface area contributed by atoms with E-state index >= 15 is 0 Å². The number of amidine groups is 1. The van der Waals surface area contributed by atoms with E-state index in [1.807, 2.05) is 78.9 Å². The number of nitrogens with zero attached hydrogens (tertiary/aromatic N) is 2. The zero-order valence-electron chi connectivity index (χ0n) is 22.1. The van der Waals surface area contributed by atoms with Gasteiger partial charge in [-0.2, -0.15) is 13.2 Å². The Balaban J connectivity index is 0.00000441. The topological polar surface area (TPSA) is 34.1 Å². The largest absolute Gasteiger partial charge is 0.497 e. The predicted molar refractivity (Wildman–Crippen MR) is 162 cm³/mol. The molecule has 4 rings (SSSR count). The Labute approximate surface area is 247 Å². The highest BCUT2D eigenvalue weighted by atomic mass is 79.9. The number of thioether (sulfide) groups is 1. The van der Waals surface area contributed by atoms with Gasteiger partial charge in [-0.15, -0.1) is 17.0 Å². The second kappa shape index (κ2) is 14.8. The van der Waals surface area contributed by atoms with Gasteiger partial charge in [-0.3, -0.25) is 0 Å². The minimum atomic E-state index is -4.40. The van der Waals surface area contributed by atoms with Crippen molar-refractivity contribution in [3.05, 3.63) is 125 Å². The second-order valence-corrected chi connectivity index (χ2v) is 9.71. The van der Waals surface area contributed by atoms with E-state index in [9.17, 15) is 13.2 Å². The number of methoxy groups -OCH3 is 2. The summed E-state index contributed by atoms with van der Waals surface area (Å²) in [4.78, 5) is 6.98. The lowest BCUT2D eigenvalue weighted by atomic mass is 10.1. The van der Waals surface area contributed by atoms with Gasteiger partial charge >= 0.3 is 6.18 Å². The van der Waals surface area contributed by atoms with Crippen LogP contribution in [0.5, 0.6) is 11.5 Å². The average molecular weight is 632 g/mol. The van der Waals surface area contributed by atoms with E-state index in [0.717, 1.165) is 40.3 Å². The van der Waals surface area contributed by atoms with Crippen molar-refractivity contribution in [3.63, 3.8) is 0 Å². The molecule has 0 spiro atoms. The van der Waals surface area contributed by atoms with Gasteiger partial charge in [0.25, 0.3) is 0 Å². The Hall–Kier alpha value is -3.43. The highest BCUT2D eigenvalue weighted by molar-refractivity contribution is 8.93. The molecule has 4 aromatic rings. The molecule has 0 amide bonds. The first kappa shape index (κ1) is 31.1. The van der Waals surface area contributed by atoms with Crippen molar-refractivity contribution in [1.29, 1.82) is 0 Å². The van der Waals surface area contributed by atoms with Gasteiger partial charge in [0.1, 0.15) is 11.5 Å². The fourth-order valence-corrected chi connectivity index (χ4v) is 4.82. The lowest BCUT2D eigenvalue weighted by Gasteiger charge is -2.26. The monoisotopic (exact) mass is 630 g/mol. The van der Waals surface area contributed by atoms with Gasteiger partial charge in [0.15, 0.2) is 5.17 Å². The van der Waals surface area contributed by atoms with Crippen molar-refractivity contribution in [3.8, 4) is 11.5 Å². The summed E-state index contributed by atoms with van der Waals surface area (Å²) in [7, 11) is 3.25. The molecule has 0 aliphatic heterocycles. The smallest absolute Gasteiger partial charge is 0.416 e. The van der Waals surface area contributed by atoms with E-state index in [1.54, 1.807) is 26.0 Å². The first-order valence-electron chi connectivity index (χ1n) is 12.3. The van der Waals surface area contributed by atoms with E-state index in [-0.39, 0.29) is 17.0 Å². The van der Waals surface area contributed by atoms with Crippen LogP contribution in [0, 0.1) is 0 Å². The molecule has 0 radical (unpaired) electrons. The molecule has 4 nitrogen and oxygen atoms in total. The summed E-state index contributed by atoms with van der Waals surface area (Å²) in [5.74, 6) is 2.18. The molecule has 0 bridgehead atoms. The molecule has 40 heavy (non-hydrogen) atoms. The molecular weight excluding hydrogens is 601 g/mol. The fraction of sp³-hybridized carbons (Fsp3) is 0.194. The summed E-state index contributed by atoms with van der Waals surface area (Å²) in [6.45, 7) is 1.08. The van der Waals surface area contributed by atoms with Gasteiger partial charge in [-0.05, 0) is 65.2 Å². The second-order valence-electron chi connectivity index (χ2n) is 8.77. The van der Waals surface area contributed by atoms with Crippen LogP contribution in [0.1, 0.15) is 22.3 Å². The molecule has 210 valence electrons. The van der Waals surface area contributed by atoms with Crippen LogP contribution in [-0.4, -0.2) is 24.3 Å². The van der Waals surface area contributed by atoms with Gasteiger partial charge in [-0.1, -0.05) is 66.4 Å². The number of halogens is 4. The van der Waals surface area contributed by atoms with E-state index in [2.05, 4.69) is 4.90 Å². The highest BCUT2D eigenvalue weighted by Crippen LogP contribution is 2.31. The molecule has 0 unspecified atom stereocenters. The van der Waals surface area contributed by atoms with E-state index in [0.29, 0.717) is 29.7 Å². The van der Waals surface area contributed by atoms with Crippen LogP contribution in [0.2, 0.25) is 0 Å². The molecule has 0 aliphatic rings. The molecule has 0 heterocycles. The summed E-state index contributed by atoms with van der Waals surface area (Å²) < 4.78 is 50.0. The van der Waals surface area contributed by atoms with Crippen molar-refractivity contribution < 1.29 is 22.6 Å². The Morgan fingerprint density at radius 1 is 0.700 bits per heavy atom. The first-order chi connectivity index (χ1) is 18.8. The third kappa shape index (κ3) is 9.06. The predicted octanol–water partition coefficient (Wildman–Crippen LogP) is 8.92. The molecule has 0 saturated heterocycles. The third-order valence-corrected chi connectivity index (χ3v) is 7.05. The lowest BCUT2D eigenvalue weighted by molar-refractivity contribution is -0.137. The van der Waals surface area contributed by atoms with E-state index < -0.39 is 11.7 Å². The van der Waals surface area contributed by atoms with Crippen LogP contribution >= 0.6 is 28.7 Å². The van der Waals surface area contributed by atoms with Crippen molar-refractivity contribution in [2.24, 2.45) is 4.99 Å². The maximum Gasteiger partial charge on any atom is 0.416 e. The van der Waals surface area contributed by atoms with Crippen molar-refractivity contribution in [1.82, 2.24) is 4.90 Å². The quantitative estimate of drug-likeness (QED) is 0.137. The number of hydrogen-bond donors (Lipinski definition) is 0. The van der Waals surface area contributed by atoms with E-state index in [1.165, 1.54) is 12.1 Å². The average Bonchev–Trinajstić information content (AvgIpc) is 2.96. The molecule has 0 aromatic heterocycles. The Kier molecular flexibility index (Phi) is 11.5. The number of ether oxygens (including phenoxy) is 2. The lowest BCUT2D eigenvalue weighted by Crippen LogP contribution is -2.28. The zero-order chi connectivity index (χ0) is 27.7. The van der Waals surface area contributed by atoms with Crippen LogP contribution in [0.25, 0.3) is 0 Å². The minimum absolute atomic E-state index is 0. The van der Waals surface area contributed by atoms with Crippen LogP contribution in [0.3, 0.4) is 0 Å². The van der Waals surface area contributed by atoms with Gasteiger partial charge in [0.2, 0.25) is 0 Å². The molecule has 0 saturated carbocycles. The Morgan fingerprint density at radius 3 is 1.65 bits per heavy atom. The number of aliphatic imine (C=N–C) groups is 1. The van der Waals surface area contributed by atoms with Crippen LogP contribution < -0.4 is 9.47 Å². The molecule has 9 heteroatoms. The summed E-state index contributed by atoms with van der Waals surface area (Å²) in [5.41, 5.74) is 2.97. The third-order valence-electron chi connectivity index (χ3n) is 5.97. The summed E-state index contributed by atoms with van der Waals surface area (Å²) >= 11 is 1.55. The molecule has 0 N–H and O–H groups in total. The SMILES string of the molecule is Br.COc1ccc(CN(Cc2ccc(OC)cc2)C(=Nc2ccc(C(F)(F)F)cc2)SCc2ccccc2)cc1. The Morgan fingerprint density at radius 2 is 1.20 bits per heavy atom.